The third kappa shape index (κ3) is 4.80. The number of hydrogen-bond donors (Lipinski definition) is 1. The largest absolute Gasteiger partial charge is 0.496 e. The summed E-state index contributed by atoms with van der Waals surface area (Å²) in [5.41, 5.74) is 0.198. The first kappa shape index (κ1) is 20.5. The molecule has 2 heterocycles. The number of amides is 1. The molecule has 154 valence electrons. The molecule has 2 saturated heterocycles. The van der Waals surface area contributed by atoms with E-state index in [-0.39, 0.29) is 29.9 Å². The molecule has 3 rings (SSSR count). The zero-order valence-electron chi connectivity index (χ0n) is 16.1. The number of rotatable bonds is 6. The second-order valence-electron chi connectivity index (χ2n) is 7.29. The zero-order valence-corrected chi connectivity index (χ0v) is 16.1. The van der Waals surface area contributed by atoms with Crippen molar-refractivity contribution in [3.8, 4) is 5.75 Å². The van der Waals surface area contributed by atoms with Gasteiger partial charge in [0.15, 0.2) is 0 Å². The first-order valence-corrected chi connectivity index (χ1v) is 9.66. The normalized spacial score (nSPS) is 23.4. The SMILES string of the molecule is COc1ccc(F)cc1C(=O)N1CCC(N2CCOCC2)C(CCC(=O)O)C1. The molecule has 28 heavy (non-hydrogen) atoms. The van der Waals surface area contributed by atoms with Gasteiger partial charge in [-0.3, -0.25) is 14.5 Å². The van der Waals surface area contributed by atoms with E-state index in [0.29, 0.717) is 38.5 Å². The predicted octanol–water partition coefficient (Wildman–Crippen LogP) is 1.86. The van der Waals surface area contributed by atoms with Crippen molar-refractivity contribution in [1.29, 1.82) is 0 Å². The Morgan fingerprint density at radius 1 is 1.29 bits per heavy atom. The van der Waals surface area contributed by atoms with Crippen LogP contribution in [0.3, 0.4) is 0 Å². The fourth-order valence-corrected chi connectivity index (χ4v) is 4.20. The van der Waals surface area contributed by atoms with Crippen LogP contribution < -0.4 is 4.74 Å². The number of morpholine rings is 1. The number of likely N-dealkylation sites (tertiary alicyclic amines) is 1. The van der Waals surface area contributed by atoms with Crippen molar-refractivity contribution in [3.05, 3.63) is 29.6 Å². The van der Waals surface area contributed by atoms with Crippen molar-refractivity contribution in [2.24, 2.45) is 5.92 Å². The highest BCUT2D eigenvalue weighted by molar-refractivity contribution is 5.97. The summed E-state index contributed by atoms with van der Waals surface area (Å²) in [7, 11) is 1.45. The van der Waals surface area contributed by atoms with Gasteiger partial charge in [-0.05, 0) is 37.0 Å². The molecule has 2 fully saturated rings. The Hall–Kier alpha value is -2.19. The molecule has 0 spiro atoms. The topological polar surface area (TPSA) is 79.3 Å². The Balaban J connectivity index is 1.76. The van der Waals surface area contributed by atoms with Gasteiger partial charge in [-0.1, -0.05) is 0 Å². The van der Waals surface area contributed by atoms with Crippen molar-refractivity contribution in [1.82, 2.24) is 9.80 Å². The molecule has 8 heteroatoms. The monoisotopic (exact) mass is 394 g/mol. The summed E-state index contributed by atoms with van der Waals surface area (Å²) in [5.74, 6) is -1.22. The van der Waals surface area contributed by atoms with Gasteiger partial charge in [-0.2, -0.15) is 0 Å². The van der Waals surface area contributed by atoms with Gasteiger partial charge in [0.25, 0.3) is 5.91 Å². The van der Waals surface area contributed by atoms with E-state index >= 15 is 0 Å². The first-order chi connectivity index (χ1) is 13.5. The third-order valence-electron chi connectivity index (χ3n) is 5.62. The molecule has 1 N–H and O–H groups in total. The Morgan fingerprint density at radius 3 is 2.71 bits per heavy atom. The lowest BCUT2D eigenvalue weighted by Gasteiger charge is -2.45. The average molecular weight is 394 g/mol. The Morgan fingerprint density at radius 2 is 2.04 bits per heavy atom. The van der Waals surface area contributed by atoms with Gasteiger partial charge in [0, 0.05) is 38.6 Å². The highest BCUT2D eigenvalue weighted by Gasteiger charge is 2.36. The van der Waals surface area contributed by atoms with Crippen LogP contribution >= 0.6 is 0 Å². The van der Waals surface area contributed by atoms with Crippen LogP contribution in [-0.2, 0) is 9.53 Å². The maximum atomic E-state index is 13.7. The molecular formula is C20H27FN2O5. The minimum Gasteiger partial charge on any atom is -0.496 e. The molecule has 0 aromatic heterocycles. The number of carboxylic acid groups (broad SMARTS) is 1. The highest BCUT2D eigenvalue weighted by Crippen LogP contribution is 2.29. The van der Waals surface area contributed by atoms with E-state index < -0.39 is 11.8 Å². The van der Waals surface area contributed by atoms with Crippen LogP contribution in [0.5, 0.6) is 5.75 Å². The van der Waals surface area contributed by atoms with Crippen LogP contribution in [0.2, 0.25) is 0 Å². The minimum atomic E-state index is -0.837. The summed E-state index contributed by atoms with van der Waals surface area (Å²) in [6.07, 6.45) is 1.33. The van der Waals surface area contributed by atoms with Crippen LogP contribution in [0.25, 0.3) is 0 Å². The number of carbonyl (C=O) groups is 2. The molecule has 0 radical (unpaired) electrons. The first-order valence-electron chi connectivity index (χ1n) is 9.66. The van der Waals surface area contributed by atoms with Crippen molar-refractivity contribution in [2.45, 2.75) is 25.3 Å². The van der Waals surface area contributed by atoms with Crippen molar-refractivity contribution >= 4 is 11.9 Å². The molecule has 1 aromatic rings. The van der Waals surface area contributed by atoms with Crippen LogP contribution in [0.4, 0.5) is 4.39 Å². The summed E-state index contributed by atoms with van der Waals surface area (Å²) in [4.78, 5) is 28.2. The number of carboxylic acids is 1. The molecule has 2 aliphatic heterocycles. The third-order valence-corrected chi connectivity index (χ3v) is 5.62. The number of aliphatic carboxylic acids is 1. The van der Waals surface area contributed by atoms with E-state index in [0.717, 1.165) is 19.5 Å². The van der Waals surface area contributed by atoms with Crippen molar-refractivity contribution in [3.63, 3.8) is 0 Å². The number of ether oxygens (including phenoxy) is 2. The molecule has 2 unspecified atom stereocenters. The summed E-state index contributed by atoms with van der Waals surface area (Å²) >= 11 is 0. The van der Waals surface area contributed by atoms with Gasteiger partial charge in [0.05, 0.1) is 25.9 Å². The summed E-state index contributed by atoms with van der Waals surface area (Å²) in [6.45, 7) is 3.98. The molecule has 0 saturated carbocycles. The lowest BCUT2D eigenvalue weighted by atomic mass is 9.86. The zero-order chi connectivity index (χ0) is 20.1. The summed E-state index contributed by atoms with van der Waals surface area (Å²) in [6, 6.07) is 4.13. The lowest BCUT2D eigenvalue weighted by molar-refractivity contribution is -0.137. The van der Waals surface area contributed by atoms with Crippen LogP contribution in [0, 0.1) is 11.7 Å². The molecule has 0 aliphatic carbocycles. The molecule has 0 bridgehead atoms. The molecule has 1 amide bonds. The quantitative estimate of drug-likeness (QED) is 0.794. The maximum absolute atomic E-state index is 13.7. The number of nitrogens with zero attached hydrogens (tertiary/aromatic N) is 2. The summed E-state index contributed by atoms with van der Waals surface area (Å²) < 4.78 is 24.3. The van der Waals surface area contributed by atoms with E-state index in [1.54, 1.807) is 4.90 Å². The molecule has 2 aliphatic rings. The number of halogens is 1. The molecule has 2 atom stereocenters. The van der Waals surface area contributed by atoms with Crippen LogP contribution in [-0.4, -0.2) is 79.3 Å². The van der Waals surface area contributed by atoms with Gasteiger partial charge < -0.3 is 19.5 Å². The number of hydrogen-bond acceptors (Lipinski definition) is 5. The number of piperidine rings is 1. The van der Waals surface area contributed by atoms with Crippen LogP contribution in [0.1, 0.15) is 29.6 Å². The van der Waals surface area contributed by atoms with Gasteiger partial charge in [0.2, 0.25) is 0 Å². The Bertz CT molecular complexity index is 708. The minimum absolute atomic E-state index is 0.0476. The second-order valence-corrected chi connectivity index (χ2v) is 7.29. The number of carbonyl (C=O) groups excluding carboxylic acids is 1. The van der Waals surface area contributed by atoms with Gasteiger partial charge >= 0.3 is 5.97 Å². The van der Waals surface area contributed by atoms with E-state index in [4.69, 9.17) is 14.6 Å². The highest BCUT2D eigenvalue weighted by atomic mass is 19.1. The van der Waals surface area contributed by atoms with Gasteiger partial charge in [0.1, 0.15) is 11.6 Å². The van der Waals surface area contributed by atoms with Gasteiger partial charge in [-0.15, -0.1) is 0 Å². The standard InChI is InChI=1S/C20H27FN2O5/c1-27-18-4-3-15(21)12-16(18)20(26)23-7-6-17(22-8-10-28-11-9-22)14(13-23)2-5-19(24)25/h3-4,12,14,17H,2,5-11,13H2,1H3,(H,24,25). The lowest BCUT2D eigenvalue weighted by Crippen LogP contribution is -2.55. The Labute approximate surface area is 164 Å². The van der Waals surface area contributed by atoms with E-state index in [9.17, 15) is 14.0 Å². The van der Waals surface area contributed by atoms with E-state index in [2.05, 4.69) is 4.90 Å². The number of methoxy groups -OCH3 is 1. The van der Waals surface area contributed by atoms with E-state index in [1.807, 2.05) is 0 Å². The maximum Gasteiger partial charge on any atom is 0.303 e. The van der Waals surface area contributed by atoms with Crippen LogP contribution in [0.15, 0.2) is 18.2 Å². The van der Waals surface area contributed by atoms with Crippen molar-refractivity contribution in [2.75, 3.05) is 46.5 Å². The molecular weight excluding hydrogens is 367 g/mol. The fourth-order valence-electron chi connectivity index (χ4n) is 4.20. The molecule has 7 nitrogen and oxygen atoms in total. The summed E-state index contributed by atoms with van der Waals surface area (Å²) in [5, 5.41) is 9.12. The van der Waals surface area contributed by atoms with Crippen molar-refractivity contribution < 1.29 is 28.6 Å². The van der Waals surface area contributed by atoms with Gasteiger partial charge in [-0.25, -0.2) is 4.39 Å². The molecule has 1 aromatic carbocycles. The predicted molar refractivity (Wildman–Crippen MR) is 100 cm³/mol. The van der Waals surface area contributed by atoms with E-state index in [1.165, 1.54) is 25.3 Å². The average Bonchev–Trinajstić information content (AvgIpc) is 2.72. The Kier molecular flexibility index (Phi) is 6.85. The number of benzene rings is 1. The smallest absolute Gasteiger partial charge is 0.303 e. The second kappa shape index (κ2) is 9.34. The fraction of sp³-hybridized carbons (Fsp3) is 0.600.